The molecule has 23 heavy (non-hydrogen) atoms. The zero-order valence-corrected chi connectivity index (χ0v) is 13.2. The average Bonchev–Trinajstić information content (AvgIpc) is 2.88. The molecule has 0 spiro atoms. The van der Waals surface area contributed by atoms with Crippen molar-refractivity contribution in [3.63, 3.8) is 0 Å². The highest BCUT2D eigenvalue weighted by Crippen LogP contribution is 2.19. The lowest BCUT2D eigenvalue weighted by Crippen LogP contribution is -1.97. The second-order valence-electron chi connectivity index (χ2n) is 4.66. The third kappa shape index (κ3) is 3.69. The van der Waals surface area contributed by atoms with Crippen LogP contribution < -0.4 is 0 Å². The van der Waals surface area contributed by atoms with E-state index in [-0.39, 0.29) is 11.4 Å². The number of carboxylic acid groups (broad SMARTS) is 1. The van der Waals surface area contributed by atoms with Crippen molar-refractivity contribution in [3.8, 4) is 11.4 Å². The van der Waals surface area contributed by atoms with Crippen molar-refractivity contribution in [2.75, 3.05) is 6.26 Å². The van der Waals surface area contributed by atoms with Crippen LogP contribution in [0.5, 0.6) is 0 Å². The number of sulfone groups is 1. The summed E-state index contributed by atoms with van der Waals surface area (Å²) in [7, 11) is -1.33. The predicted molar refractivity (Wildman–Crippen MR) is 83.5 cm³/mol. The summed E-state index contributed by atoms with van der Waals surface area (Å²) >= 11 is 0. The Labute approximate surface area is 132 Å². The minimum Gasteiger partial charge on any atom is -0.483 e. The maximum Gasteiger partial charge on any atom is 0.290 e. The third-order valence-electron chi connectivity index (χ3n) is 2.99. The summed E-state index contributed by atoms with van der Waals surface area (Å²) in [5.41, 5.74) is 2.23. The van der Waals surface area contributed by atoms with E-state index >= 15 is 0 Å². The van der Waals surface area contributed by atoms with Crippen molar-refractivity contribution in [3.05, 3.63) is 36.8 Å². The maximum atomic E-state index is 11.4. The fourth-order valence-electron chi connectivity index (χ4n) is 1.91. The summed E-state index contributed by atoms with van der Waals surface area (Å²) < 4.78 is 24.7. The standard InChI is InChI=1S/C13H12N4O2S.CH2O2/c1-17-8-15-11-7-14-12(16-13(11)17)9-3-5-10(6-4-9)20(2,18)19;2-1-3/h3-8H,1-2H3;1H,(H,2,3). The first-order valence-electron chi connectivity index (χ1n) is 6.39. The highest BCUT2D eigenvalue weighted by molar-refractivity contribution is 7.90. The Morgan fingerprint density at radius 3 is 2.35 bits per heavy atom. The van der Waals surface area contributed by atoms with Crippen LogP contribution in [0, 0.1) is 0 Å². The summed E-state index contributed by atoms with van der Waals surface area (Å²) in [5.74, 6) is 0.543. The zero-order chi connectivity index (χ0) is 17.0. The van der Waals surface area contributed by atoms with E-state index in [2.05, 4.69) is 15.0 Å². The number of benzene rings is 1. The second kappa shape index (κ2) is 6.53. The van der Waals surface area contributed by atoms with E-state index in [4.69, 9.17) is 9.90 Å². The first-order valence-corrected chi connectivity index (χ1v) is 8.28. The number of fused-ring (bicyclic) bond motifs is 1. The van der Waals surface area contributed by atoms with Crippen molar-refractivity contribution in [2.45, 2.75) is 4.90 Å². The third-order valence-corrected chi connectivity index (χ3v) is 4.12. The van der Waals surface area contributed by atoms with Crippen LogP contribution in [0.2, 0.25) is 0 Å². The Hall–Kier alpha value is -2.81. The maximum absolute atomic E-state index is 11.4. The fraction of sp³-hybridized carbons (Fsp3) is 0.143. The van der Waals surface area contributed by atoms with Gasteiger partial charge < -0.3 is 9.67 Å². The molecule has 120 valence electrons. The molecular formula is C14H14N4O4S. The van der Waals surface area contributed by atoms with E-state index < -0.39 is 9.84 Å². The summed E-state index contributed by atoms with van der Waals surface area (Å²) in [5, 5.41) is 6.89. The summed E-state index contributed by atoms with van der Waals surface area (Å²) in [6, 6.07) is 6.52. The molecule has 2 aromatic heterocycles. The largest absolute Gasteiger partial charge is 0.483 e. The lowest BCUT2D eigenvalue weighted by atomic mass is 10.2. The normalized spacial score (nSPS) is 10.9. The predicted octanol–water partition coefficient (Wildman–Crippen LogP) is 1.13. The molecule has 2 heterocycles. The van der Waals surface area contributed by atoms with Crippen LogP contribution >= 0.6 is 0 Å². The Morgan fingerprint density at radius 1 is 1.17 bits per heavy atom. The van der Waals surface area contributed by atoms with Gasteiger partial charge >= 0.3 is 0 Å². The second-order valence-corrected chi connectivity index (χ2v) is 6.68. The highest BCUT2D eigenvalue weighted by atomic mass is 32.2. The Kier molecular flexibility index (Phi) is 4.70. The molecule has 0 saturated heterocycles. The molecule has 0 radical (unpaired) electrons. The smallest absolute Gasteiger partial charge is 0.290 e. The van der Waals surface area contributed by atoms with E-state index in [0.717, 1.165) is 16.7 Å². The molecule has 0 bridgehead atoms. The first kappa shape index (κ1) is 16.6. The van der Waals surface area contributed by atoms with Crippen molar-refractivity contribution < 1.29 is 18.3 Å². The first-order chi connectivity index (χ1) is 10.9. The van der Waals surface area contributed by atoms with Gasteiger partial charge in [0, 0.05) is 18.9 Å². The van der Waals surface area contributed by atoms with E-state index in [1.165, 1.54) is 6.26 Å². The molecule has 3 aromatic rings. The van der Waals surface area contributed by atoms with Crippen LogP contribution in [0.3, 0.4) is 0 Å². The summed E-state index contributed by atoms with van der Waals surface area (Å²) in [4.78, 5) is 21.5. The van der Waals surface area contributed by atoms with E-state index in [0.29, 0.717) is 5.82 Å². The van der Waals surface area contributed by atoms with Crippen LogP contribution in [0.15, 0.2) is 41.7 Å². The van der Waals surface area contributed by atoms with Gasteiger partial charge in [-0.3, -0.25) is 4.79 Å². The molecule has 0 amide bonds. The van der Waals surface area contributed by atoms with Gasteiger partial charge in [0.2, 0.25) is 0 Å². The van der Waals surface area contributed by atoms with Gasteiger partial charge in [0.15, 0.2) is 21.3 Å². The topological polar surface area (TPSA) is 115 Å². The fourth-order valence-corrected chi connectivity index (χ4v) is 2.54. The number of carbonyl (C=O) groups is 1. The number of rotatable bonds is 2. The molecular weight excluding hydrogens is 320 g/mol. The molecule has 0 aliphatic heterocycles. The molecule has 0 fully saturated rings. The quantitative estimate of drug-likeness (QED) is 0.699. The number of aryl methyl sites for hydroxylation is 1. The van der Waals surface area contributed by atoms with Gasteiger partial charge in [0.25, 0.3) is 6.47 Å². The van der Waals surface area contributed by atoms with Crippen molar-refractivity contribution in [1.29, 1.82) is 0 Å². The summed E-state index contributed by atoms with van der Waals surface area (Å²) in [6.45, 7) is -0.250. The van der Waals surface area contributed by atoms with Gasteiger partial charge in [-0.25, -0.2) is 23.4 Å². The molecule has 9 heteroatoms. The van der Waals surface area contributed by atoms with Gasteiger partial charge in [-0.2, -0.15) is 0 Å². The molecule has 8 nitrogen and oxygen atoms in total. The molecule has 0 atom stereocenters. The van der Waals surface area contributed by atoms with Crippen LogP contribution in [0.4, 0.5) is 0 Å². The molecule has 0 unspecified atom stereocenters. The Balaban J connectivity index is 0.000000595. The SMILES string of the molecule is Cn1cnc2cnc(-c3ccc(S(C)(=O)=O)cc3)nc21.O=CO. The number of imidazole rings is 1. The van der Waals surface area contributed by atoms with Crippen molar-refractivity contribution in [2.24, 2.45) is 7.05 Å². The zero-order valence-electron chi connectivity index (χ0n) is 12.4. The van der Waals surface area contributed by atoms with E-state index in [9.17, 15) is 8.42 Å². The minimum atomic E-state index is -3.19. The van der Waals surface area contributed by atoms with Crippen LogP contribution in [0.25, 0.3) is 22.6 Å². The average molecular weight is 334 g/mol. The van der Waals surface area contributed by atoms with Gasteiger partial charge in [0.05, 0.1) is 17.4 Å². The molecule has 3 rings (SSSR count). The van der Waals surface area contributed by atoms with Gasteiger partial charge in [-0.05, 0) is 24.3 Å². The lowest BCUT2D eigenvalue weighted by molar-refractivity contribution is -0.122. The van der Waals surface area contributed by atoms with E-state index in [1.807, 2.05) is 11.6 Å². The molecule has 0 aliphatic rings. The minimum absolute atomic E-state index is 0.250. The van der Waals surface area contributed by atoms with Gasteiger partial charge in [0.1, 0.15) is 5.52 Å². The molecule has 1 N–H and O–H groups in total. The van der Waals surface area contributed by atoms with E-state index in [1.54, 1.807) is 36.8 Å². The molecule has 0 aliphatic carbocycles. The van der Waals surface area contributed by atoms with Crippen LogP contribution in [-0.2, 0) is 21.7 Å². The van der Waals surface area contributed by atoms with Crippen molar-refractivity contribution in [1.82, 2.24) is 19.5 Å². The monoisotopic (exact) mass is 334 g/mol. The molecule has 1 aromatic carbocycles. The molecule has 0 saturated carbocycles. The number of hydrogen-bond donors (Lipinski definition) is 1. The van der Waals surface area contributed by atoms with Gasteiger partial charge in [-0.15, -0.1) is 0 Å². The van der Waals surface area contributed by atoms with Crippen molar-refractivity contribution >= 4 is 27.5 Å². The van der Waals surface area contributed by atoms with Crippen LogP contribution in [-0.4, -0.2) is 45.8 Å². The Bertz CT molecular complexity index is 933. The number of hydrogen-bond acceptors (Lipinski definition) is 6. The highest BCUT2D eigenvalue weighted by Gasteiger charge is 2.09. The van der Waals surface area contributed by atoms with Crippen LogP contribution in [0.1, 0.15) is 0 Å². The summed E-state index contributed by atoms with van der Waals surface area (Å²) in [6.07, 6.45) is 4.51. The Morgan fingerprint density at radius 2 is 1.78 bits per heavy atom. The van der Waals surface area contributed by atoms with Gasteiger partial charge in [-0.1, -0.05) is 0 Å². The number of nitrogens with zero attached hydrogens (tertiary/aromatic N) is 4. The number of aromatic nitrogens is 4. The lowest BCUT2D eigenvalue weighted by Gasteiger charge is -2.02.